The maximum absolute atomic E-state index is 14.6. The Balaban J connectivity index is 1.53. The van der Waals surface area contributed by atoms with Crippen molar-refractivity contribution in [2.24, 2.45) is 50.2 Å². The summed E-state index contributed by atoms with van der Waals surface area (Å²) < 4.78 is 1.64. The van der Waals surface area contributed by atoms with Crippen LogP contribution in [0.3, 0.4) is 0 Å². The van der Waals surface area contributed by atoms with E-state index in [0.29, 0.717) is 0 Å². The van der Waals surface area contributed by atoms with Crippen LogP contribution in [0.2, 0.25) is 0 Å². The van der Waals surface area contributed by atoms with E-state index in [2.05, 4.69) is 45.7 Å². The number of carbonyl (C=O) groups excluding carboxylic acids is 3. The van der Waals surface area contributed by atoms with Crippen molar-refractivity contribution in [3.63, 3.8) is 0 Å². The van der Waals surface area contributed by atoms with Crippen molar-refractivity contribution in [2.75, 3.05) is 0 Å². The molecule has 3 saturated carbocycles. The van der Waals surface area contributed by atoms with Gasteiger partial charge in [0.15, 0.2) is 11.6 Å². The van der Waals surface area contributed by atoms with Crippen molar-refractivity contribution >= 4 is 17.5 Å². The van der Waals surface area contributed by atoms with Crippen molar-refractivity contribution in [1.82, 2.24) is 9.55 Å². The smallest absolute Gasteiger partial charge is 0.238 e. The molecule has 6 heteroatoms. The van der Waals surface area contributed by atoms with E-state index in [-0.39, 0.29) is 57.0 Å². The fraction of sp³-hybridized carbons (Fsp3) is 0.676. The van der Waals surface area contributed by atoms with E-state index in [1.54, 1.807) is 23.3 Å². The molecule has 0 N–H and O–H groups in total. The summed E-state index contributed by atoms with van der Waals surface area (Å²) in [7, 11) is 0. The molecule has 0 aliphatic heterocycles. The lowest BCUT2D eigenvalue weighted by Crippen LogP contribution is -2.66. The molecule has 5 aliphatic carbocycles. The molecule has 6 nitrogen and oxygen atoms in total. The minimum Gasteiger partial charge on any atom is -0.295 e. The maximum Gasteiger partial charge on any atom is 0.238 e. The highest BCUT2D eigenvalue weighted by Gasteiger charge is 2.70. The zero-order valence-corrected chi connectivity index (χ0v) is 25.1. The standard InChI is InChI=1S/C34H43N3O3/c1-29(2)10-12-34(28(40)37-15-14-36-20-37)13-11-33(7)26(22(34)18-29)23(38)16-25-31(5)17-21(19-35)27(39)30(3,4)24(31)8-9-32(25,33)6/h14-17,20,22,24,26H,8-13,18H2,1-7H3/t22-,24+,26-,31-,32+,33+,34-/m0/s1. The first-order chi connectivity index (χ1) is 18.6. The molecule has 0 spiro atoms. The number of nitrogens with zero attached hydrogens (tertiary/aromatic N) is 3. The van der Waals surface area contributed by atoms with Gasteiger partial charge in [-0.2, -0.15) is 5.26 Å². The average Bonchev–Trinajstić information content (AvgIpc) is 3.42. The first-order valence-electron chi connectivity index (χ1n) is 15.0. The Labute approximate surface area is 238 Å². The summed E-state index contributed by atoms with van der Waals surface area (Å²) in [5.74, 6) is -0.144. The molecule has 0 aromatic carbocycles. The Bertz CT molecular complexity index is 1420. The second-order valence-electron chi connectivity index (χ2n) is 15.7. The van der Waals surface area contributed by atoms with Gasteiger partial charge in [-0.05, 0) is 79.1 Å². The Hall–Kier alpha value is -2.81. The SMILES string of the molecule is CC1(C)CC[C@]2(C(=O)n3ccnc3)CC[C@]3(C)[C@H](C(=O)C=C4[C@@]5(C)C=C(C#N)C(=O)C(C)(C)[C@H]5CC[C@]43C)[C@@H]2C1. The third-order valence-electron chi connectivity index (χ3n) is 13.0. The van der Waals surface area contributed by atoms with Gasteiger partial charge in [0.25, 0.3) is 0 Å². The van der Waals surface area contributed by atoms with Gasteiger partial charge in [0, 0.05) is 29.1 Å². The summed E-state index contributed by atoms with van der Waals surface area (Å²) in [6.45, 7) is 15.3. The van der Waals surface area contributed by atoms with E-state index < -0.39 is 16.2 Å². The van der Waals surface area contributed by atoms with Crippen molar-refractivity contribution in [3.05, 3.63) is 42.0 Å². The Morgan fingerprint density at radius 2 is 1.73 bits per heavy atom. The first-order valence-corrected chi connectivity index (χ1v) is 15.0. The van der Waals surface area contributed by atoms with Crippen molar-refractivity contribution in [1.29, 1.82) is 5.26 Å². The number of hydrogen-bond acceptors (Lipinski definition) is 5. The zero-order chi connectivity index (χ0) is 29.1. The lowest BCUT2D eigenvalue weighted by Gasteiger charge is -2.69. The van der Waals surface area contributed by atoms with Crippen LogP contribution in [0.15, 0.2) is 42.0 Å². The molecule has 7 atom stereocenters. The van der Waals surface area contributed by atoms with Gasteiger partial charge in [-0.3, -0.25) is 19.0 Å². The first kappa shape index (κ1) is 27.4. The van der Waals surface area contributed by atoms with E-state index in [4.69, 9.17) is 0 Å². The minimum absolute atomic E-state index is 0.0241. The lowest BCUT2D eigenvalue weighted by molar-refractivity contribution is -0.164. The molecule has 5 aliphatic rings. The Kier molecular flexibility index (Phi) is 5.57. The molecule has 0 radical (unpaired) electrons. The summed E-state index contributed by atoms with van der Waals surface area (Å²) in [4.78, 5) is 46.2. The van der Waals surface area contributed by atoms with Crippen LogP contribution in [0.1, 0.15) is 98.2 Å². The fourth-order valence-corrected chi connectivity index (χ4v) is 10.6. The summed E-state index contributed by atoms with van der Waals surface area (Å²) in [6.07, 6.45) is 14.7. The van der Waals surface area contributed by atoms with Crippen LogP contribution < -0.4 is 0 Å². The van der Waals surface area contributed by atoms with Crippen LogP contribution in [0.5, 0.6) is 0 Å². The van der Waals surface area contributed by atoms with Crippen molar-refractivity contribution in [3.8, 4) is 6.07 Å². The summed E-state index contributed by atoms with van der Waals surface area (Å²) in [5, 5.41) is 9.92. The number of allylic oxidation sites excluding steroid dienone is 4. The van der Waals surface area contributed by atoms with Crippen LogP contribution >= 0.6 is 0 Å². The van der Waals surface area contributed by atoms with Crippen molar-refractivity contribution in [2.45, 2.75) is 93.4 Å². The number of nitriles is 1. The second kappa shape index (κ2) is 8.14. The Morgan fingerprint density at radius 3 is 2.38 bits per heavy atom. The predicted molar refractivity (Wildman–Crippen MR) is 152 cm³/mol. The minimum atomic E-state index is -0.677. The van der Waals surface area contributed by atoms with Gasteiger partial charge in [0.1, 0.15) is 12.4 Å². The van der Waals surface area contributed by atoms with E-state index in [1.165, 1.54) is 0 Å². The van der Waals surface area contributed by atoms with E-state index in [1.807, 2.05) is 26.0 Å². The van der Waals surface area contributed by atoms with Gasteiger partial charge in [0.05, 0.1) is 11.0 Å². The number of imidazole rings is 1. The molecule has 1 aromatic rings. The molecule has 0 saturated heterocycles. The molecular formula is C34H43N3O3. The normalized spacial score (nSPS) is 43.2. The highest BCUT2D eigenvalue weighted by atomic mass is 16.2. The Morgan fingerprint density at radius 1 is 1.02 bits per heavy atom. The summed E-state index contributed by atoms with van der Waals surface area (Å²) in [6, 6.07) is 2.18. The highest BCUT2D eigenvalue weighted by molar-refractivity contribution is 6.04. The molecule has 6 rings (SSSR count). The monoisotopic (exact) mass is 541 g/mol. The van der Waals surface area contributed by atoms with Gasteiger partial charge in [0.2, 0.25) is 5.91 Å². The molecule has 0 amide bonds. The number of carbonyl (C=O) groups is 3. The predicted octanol–water partition coefficient (Wildman–Crippen LogP) is 6.74. The average molecular weight is 542 g/mol. The summed E-state index contributed by atoms with van der Waals surface area (Å²) in [5.41, 5.74) is -1.05. The van der Waals surface area contributed by atoms with Crippen LogP contribution in [0.4, 0.5) is 0 Å². The third kappa shape index (κ3) is 3.21. The molecule has 212 valence electrons. The zero-order valence-electron chi connectivity index (χ0n) is 25.1. The van der Waals surface area contributed by atoms with Crippen LogP contribution in [0, 0.1) is 61.6 Å². The van der Waals surface area contributed by atoms with Gasteiger partial charge >= 0.3 is 0 Å². The fourth-order valence-electron chi connectivity index (χ4n) is 10.6. The number of fused-ring (bicyclic) bond motifs is 7. The summed E-state index contributed by atoms with van der Waals surface area (Å²) >= 11 is 0. The van der Waals surface area contributed by atoms with Gasteiger partial charge in [-0.15, -0.1) is 0 Å². The lowest BCUT2D eigenvalue weighted by atomic mass is 9.34. The highest BCUT2D eigenvalue weighted by Crippen LogP contribution is 2.74. The number of Topliss-reactive ketones (excluding diaryl/α,β-unsaturated/α-hetero) is 1. The quantitative estimate of drug-likeness (QED) is 0.392. The van der Waals surface area contributed by atoms with Gasteiger partial charge in [-0.25, -0.2) is 4.98 Å². The molecule has 3 fully saturated rings. The number of aromatic nitrogens is 2. The molecular weight excluding hydrogens is 498 g/mol. The van der Waals surface area contributed by atoms with Gasteiger partial charge < -0.3 is 0 Å². The number of ketones is 2. The van der Waals surface area contributed by atoms with Crippen LogP contribution in [0.25, 0.3) is 0 Å². The molecule has 1 aromatic heterocycles. The largest absolute Gasteiger partial charge is 0.295 e. The second-order valence-corrected chi connectivity index (χ2v) is 15.7. The number of rotatable bonds is 1. The third-order valence-corrected chi connectivity index (χ3v) is 13.0. The maximum atomic E-state index is 14.6. The number of hydrogen-bond donors (Lipinski definition) is 0. The van der Waals surface area contributed by atoms with E-state index >= 15 is 0 Å². The van der Waals surface area contributed by atoms with E-state index in [0.717, 1.165) is 50.5 Å². The molecule has 1 heterocycles. The van der Waals surface area contributed by atoms with E-state index in [9.17, 15) is 19.6 Å². The van der Waals surface area contributed by atoms with Crippen LogP contribution in [-0.4, -0.2) is 27.0 Å². The molecule has 0 unspecified atom stereocenters. The van der Waals surface area contributed by atoms with Gasteiger partial charge in [-0.1, -0.05) is 60.1 Å². The molecule has 40 heavy (non-hydrogen) atoms. The van der Waals surface area contributed by atoms with Crippen molar-refractivity contribution < 1.29 is 14.4 Å². The van der Waals surface area contributed by atoms with Crippen LogP contribution in [-0.2, 0) is 9.59 Å². The molecule has 0 bridgehead atoms. The topological polar surface area (TPSA) is 92.8 Å².